The first-order chi connectivity index (χ1) is 18.4. The first kappa shape index (κ1) is 26.9. The lowest BCUT2D eigenvalue weighted by molar-refractivity contribution is -0.122. The lowest BCUT2D eigenvalue weighted by Crippen LogP contribution is -2.58. The molecule has 0 radical (unpaired) electrons. The Bertz CT molecular complexity index is 1230. The Morgan fingerprint density at radius 3 is 2.79 bits per heavy atom. The lowest BCUT2D eigenvalue weighted by Gasteiger charge is -2.42. The fourth-order valence-electron chi connectivity index (χ4n) is 4.55. The number of urea groups is 1. The van der Waals surface area contributed by atoms with Crippen molar-refractivity contribution in [2.24, 2.45) is 0 Å². The molecule has 1 aliphatic heterocycles. The second-order valence-corrected chi connectivity index (χ2v) is 9.43. The summed E-state index contributed by atoms with van der Waals surface area (Å²) >= 11 is 0. The molecule has 11 heteroatoms. The SMILES string of the molecule is CCCNC(=O)N1CCN(c2cc(C)nc(-n3ccnc3)n2)C(CC(=O)NC(C)c2cccc(OC)c2)C1. The average molecular weight is 521 g/mol. The third-order valence-electron chi connectivity index (χ3n) is 6.55. The van der Waals surface area contributed by atoms with Crippen molar-refractivity contribution in [3.05, 3.63) is 60.3 Å². The lowest BCUT2D eigenvalue weighted by atomic mass is 10.1. The van der Waals surface area contributed by atoms with Gasteiger partial charge in [0.2, 0.25) is 11.9 Å². The molecule has 2 unspecified atom stereocenters. The maximum absolute atomic E-state index is 13.3. The number of ether oxygens (including phenoxy) is 1. The summed E-state index contributed by atoms with van der Waals surface area (Å²) < 4.78 is 7.07. The van der Waals surface area contributed by atoms with E-state index in [9.17, 15) is 9.59 Å². The van der Waals surface area contributed by atoms with Gasteiger partial charge < -0.3 is 25.2 Å². The molecule has 4 rings (SSSR count). The highest BCUT2D eigenvalue weighted by Gasteiger charge is 2.32. The summed E-state index contributed by atoms with van der Waals surface area (Å²) in [5, 5.41) is 6.06. The zero-order valence-corrected chi connectivity index (χ0v) is 22.4. The molecule has 2 N–H and O–H groups in total. The molecule has 3 aromatic rings. The van der Waals surface area contributed by atoms with Crippen molar-refractivity contribution in [3.63, 3.8) is 0 Å². The number of aromatic nitrogens is 4. The molecular formula is C27H36N8O3. The van der Waals surface area contributed by atoms with Gasteiger partial charge in [-0.3, -0.25) is 9.36 Å². The Morgan fingerprint density at radius 2 is 2.05 bits per heavy atom. The maximum Gasteiger partial charge on any atom is 0.317 e. The van der Waals surface area contributed by atoms with Crippen molar-refractivity contribution in [1.82, 2.24) is 35.1 Å². The molecule has 1 aliphatic rings. The number of anilines is 1. The van der Waals surface area contributed by atoms with Gasteiger partial charge in [-0.2, -0.15) is 4.98 Å². The molecule has 0 saturated carbocycles. The fourth-order valence-corrected chi connectivity index (χ4v) is 4.55. The number of nitrogens with zero attached hydrogens (tertiary/aromatic N) is 6. The largest absolute Gasteiger partial charge is 0.497 e. The Morgan fingerprint density at radius 1 is 1.21 bits per heavy atom. The summed E-state index contributed by atoms with van der Waals surface area (Å²) in [4.78, 5) is 43.3. The molecule has 2 atom stereocenters. The molecule has 0 bridgehead atoms. The van der Waals surface area contributed by atoms with Crippen molar-refractivity contribution >= 4 is 17.8 Å². The summed E-state index contributed by atoms with van der Waals surface area (Å²) in [6.45, 7) is 7.96. The highest BCUT2D eigenvalue weighted by atomic mass is 16.5. The molecule has 0 spiro atoms. The molecule has 1 fully saturated rings. The summed E-state index contributed by atoms with van der Waals surface area (Å²) in [5.41, 5.74) is 1.76. The van der Waals surface area contributed by atoms with E-state index in [-0.39, 0.29) is 30.4 Å². The Labute approximate surface area is 223 Å². The minimum absolute atomic E-state index is 0.105. The minimum Gasteiger partial charge on any atom is -0.497 e. The predicted molar refractivity (Wildman–Crippen MR) is 144 cm³/mol. The normalized spacial score (nSPS) is 16.2. The van der Waals surface area contributed by atoms with E-state index < -0.39 is 0 Å². The molecule has 0 aliphatic carbocycles. The summed E-state index contributed by atoms with van der Waals surface area (Å²) in [7, 11) is 1.62. The number of aryl methyl sites for hydroxylation is 1. The molecule has 3 heterocycles. The van der Waals surface area contributed by atoms with Gasteiger partial charge in [0.05, 0.1) is 19.2 Å². The molecule has 11 nitrogen and oxygen atoms in total. The van der Waals surface area contributed by atoms with Crippen LogP contribution < -0.4 is 20.3 Å². The van der Waals surface area contributed by atoms with Crippen molar-refractivity contribution in [2.45, 2.75) is 45.7 Å². The second-order valence-electron chi connectivity index (χ2n) is 9.43. The van der Waals surface area contributed by atoms with E-state index in [1.54, 1.807) is 35.3 Å². The van der Waals surface area contributed by atoms with Crippen LogP contribution in [0.1, 0.15) is 44.0 Å². The number of methoxy groups -OCH3 is 1. The topological polar surface area (TPSA) is 118 Å². The van der Waals surface area contributed by atoms with E-state index in [0.717, 1.165) is 23.4 Å². The number of amides is 3. The van der Waals surface area contributed by atoms with Crippen LogP contribution in [0.3, 0.4) is 0 Å². The van der Waals surface area contributed by atoms with Gasteiger partial charge in [0.25, 0.3) is 0 Å². The van der Waals surface area contributed by atoms with Crippen LogP contribution in [-0.4, -0.2) is 75.7 Å². The first-order valence-corrected chi connectivity index (χ1v) is 12.9. The zero-order chi connectivity index (χ0) is 27.1. The zero-order valence-electron chi connectivity index (χ0n) is 22.4. The second kappa shape index (κ2) is 12.4. The fraction of sp³-hybridized carbons (Fsp3) is 0.444. The van der Waals surface area contributed by atoms with Gasteiger partial charge in [0.15, 0.2) is 0 Å². The Kier molecular flexibility index (Phi) is 8.77. The number of hydrogen-bond donors (Lipinski definition) is 2. The van der Waals surface area contributed by atoms with Gasteiger partial charge in [-0.05, 0) is 38.0 Å². The van der Waals surface area contributed by atoms with Crippen LogP contribution >= 0.6 is 0 Å². The van der Waals surface area contributed by atoms with Crippen molar-refractivity contribution < 1.29 is 14.3 Å². The number of piperazine rings is 1. The van der Waals surface area contributed by atoms with Crippen molar-refractivity contribution in [3.8, 4) is 11.7 Å². The first-order valence-electron chi connectivity index (χ1n) is 12.9. The third kappa shape index (κ3) is 6.58. The van der Waals surface area contributed by atoms with E-state index in [0.29, 0.717) is 37.9 Å². The number of rotatable bonds is 9. The van der Waals surface area contributed by atoms with Gasteiger partial charge in [0.1, 0.15) is 17.9 Å². The molecule has 2 aromatic heterocycles. The number of carbonyl (C=O) groups excluding carboxylic acids is 2. The predicted octanol–water partition coefficient (Wildman–Crippen LogP) is 2.86. The van der Waals surface area contributed by atoms with Gasteiger partial charge >= 0.3 is 6.03 Å². The summed E-state index contributed by atoms with van der Waals surface area (Å²) in [6, 6.07) is 8.99. The molecule has 38 heavy (non-hydrogen) atoms. The minimum atomic E-state index is -0.265. The van der Waals surface area contributed by atoms with E-state index in [1.807, 2.05) is 51.1 Å². The number of nitrogens with one attached hydrogen (secondary N) is 2. The van der Waals surface area contributed by atoms with Gasteiger partial charge in [0, 0.05) is 56.8 Å². The van der Waals surface area contributed by atoms with Gasteiger partial charge in [-0.15, -0.1) is 0 Å². The highest BCUT2D eigenvalue weighted by molar-refractivity contribution is 5.78. The molecular weight excluding hydrogens is 484 g/mol. The molecule has 3 amide bonds. The maximum atomic E-state index is 13.3. The molecule has 1 aromatic carbocycles. The van der Waals surface area contributed by atoms with E-state index in [4.69, 9.17) is 9.72 Å². The van der Waals surface area contributed by atoms with Crippen LogP contribution in [0.5, 0.6) is 5.75 Å². The number of carbonyl (C=O) groups is 2. The monoisotopic (exact) mass is 520 g/mol. The van der Waals surface area contributed by atoms with E-state index in [2.05, 4.69) is 25.5 Å². The Balaban J connectivity index is 1.54. The highest BCUT2D eigenvalue weighted by Crippen LogP contribution is 2.24. The number of imidazole rings is 1. The average Bonchev–Trinajstić information content (AvgIpc) is 3.46. The van der Waals surface area contributed by atoms with Gasteiger partial charge in [-0.25, -0.2) is 14.8 Å². The van der Waals surface area contributed by atoms with Crippen LogP contribution in [-0.2, 0) is 4.79 Å². The van der Waals surface area contributed by atoms with Crippen LogP contribution in [0.15, 0.2) is 49.1 Å². The van der Waals surface area contributed by atoms with Crippen LogP contribution in [0.25, 0.3) is 5.95 Å². The Hall–Kier alpha value is -4.15. The van der Waals surface area contributed by atoms with Crippen molar-refractivity contribution in [1.29, 1.82) is 0 Å². The quantitative estimate of drug-likeness (QED) is 0.446. The smallest absolute Gasteiger partial charge is 0.317 e. The van der Waals surface area contributed by atoms with Gasteiger partial charge in [-0.1, -0.05) is 19.1 Å². The third-order valence-corrected chi connectivity index (χ3v) is 6.55. The standard InChI is InChI=1S/C27H36N8O3/c1-5-9-29-27(37)33-12-13-35(24-14-19(2)30-26(32-24)34-11-10-28-18-34)22(17-33)16-25(36)31-20(3)21-7-6-8-23(15-21)38-4/h6-8,10-11,14-15,18,20,22H,5,9,12-13,16-17H2,1-4H3,(H,29,37)(H,31,36). The van der Waals surface area contributed by atoms with Crippen molar-refractivity contribution in [2.75, 3.05) is 38.2 Å². The van der Waals surface area contributed by atoms with Crippen LogP contribution in [0.4, 0.5) is 10.6 Å². The number of benzene rings is 1. The van der Waals surface area contributed by atoms with Crippen LogP contribution in [0.2, 0.25) is 0 Å². The molecule has 202 valence electrons. The number of hydrogen-bond acceptors (Lipinski definition) is 7. The summed E-state index contributed by atoms with van der Waals surface area (Å²) in [6.07, 6.45) is 6.18. The van der Waals surface area contributed by atoms with Crippen LogP contribution in [0, 0.1) is 6.92 Å². The van der Waals surface area contributed by atoms with E-state index >= 15 is 0 Å². The molecule has 1 saturated heterocycles. The van der Waals surface area contributed by atoms with E-state index in [1.165, 1.54) is 0 Å². The summed E-state index contributed by atoms with van der Waals surface area (Å²) in [5.74, 6) is 1.86.